The molecule has 96 valence electrons. The standard InChI is InChI=1S/C11H18N2O3S/c1-10-2-5-13(6-3-10)17(14,15)12-8-11-4-7-16-9-11/h4,7,9-10,12H,2-3,5-6,8H2,1H3. The summed E-state index contributed by atoms with van der Waals surface area (Å²) in [6.45, 7) is 3.66. The smallest absolute Gasteiger partial charge is 0.279 e. The van der Waals surface area contributed by atoms with Crippen LogP contribution in [-0.2, 0) is 16.8 Å². The number of nitrogens with zero attached hydrogens (tertiary/aromatic N) is 1. The van der Waals surface area contributed by atoms with Crippen molar-refractivity contribution >= 4 is 10.2 Å². The number of rotatable bonds is 4. The van der Waals surface area contributed by atoms with Gasteiger partial charge in [0.25, 0.3) is 10.2 Å². The van der Waals surface area contributed by atoms with Crippen LogP contribution >= 0.6 is 0 Å². The summed E-state index contributed by atoms with van der Waals surface area (Å²) in [5.41, 5.74) is 0.832. The van der Waals surface area contributed by atoms with Crippen LogP contribution in [0.1, 0.15) is 25.3 Å². The van der Waals surface area contributed by atoms with Gasteiger partial charge in [-0.2, -0.15) is 17.4 Å². The Morgan fingerprint density at radius 3 is 2.76 bits per heavy atom. The van der Waals surface area contributed by atoms with Crippen LogP contribution < -0.4 is 4.72 Å². The first-order valence-electron chi connectivity index (χ1n) is 5.84. The molecule has 0 aromatic carbocycles. The van der Waals surface area contributed by atoms with Crippen molar-refractivity contribution < 1.29 is 12.8 Å². The SMILES string of the molecule is CC1CCN(S(=O)(=O)NCc2ccoc2)CC1. The van der Waals surface area contributed by atoms with E-state index in [1.54, 1.807) is 12.3 Å². The van der Waals surface area contributed by atoms with Gasteiger partial charge in [0.05, 0.1) is 12.5 Å². The van der Waals surface area contributed by atoms with Crippen molar-refractivity contribution in [3.63, 3.8) is 0 Å². The molecular weight excluding hydrogens is 240 g/mol. The fourth-order valence-corrected chi connectivity index (χ4v) is 3.11. The number of piperidine rings is 1. The molecule has 2 heterocycles. The van der Waals surface area contributed by atoms with Gasteiger partial charge in [0, 0.05) is 25.2 Å². The van der Waals surface area contributed by atoms with Gasteiger partial charge in [0.15, 0.2) is 0 Å². The van der Waals surface area contributed by atoms with Crippen LogP contribution in [0.5, 0.6) is 0 Å². The summed E-state index contributed by atoms with van der Waals surface area (Å²) in [6.07, 6.45) is 4.95. The minimum Gasteiger partial charge on any atom is -0.472 e. The number of hydrogen-bond donors (Lipinski definition) is 1. The van der Waals surface area contributed by atoms with Gasteiger partial charge in [-0.1, -0.05) is 6.92 Å². The van der Waals surface area contributed by atoms with Crippen LogP contribution in [0, 0.1) is 5.92 Å². The Morgan fingerprint density at radius 2 is 2.18 bits per heavy atom. The zero-order valence-electron chi connectivity index (χ0n) is 9.93. The second-order valence-electron chi connectivity index (χ2n) is 4.54. The normalized spacial score (nSPS) is 19.6. The quantitative estimate of drug-likeness (QED) is 0.886. The Balaban J connectivity index is 1.90. The zero-order valence-corrected chi connectivity index (χ0v) is 10.7. The third-order valence-electron chi connectivity index (χ3n) is 3.12. The molecule has 1 aromatic heterocycles. The Kier molecular flexibility index (Phi) is 3.86. The maximum Gasteiger partial charge on any atom is 0.279 e. The summed E-state index contributed by atoms with van der Waals surface area (Å²) in [4.78, 5) is 0. The van der Waals surface area contributed by atoms with Crippen LogP contribution in [0.25, 0.3) is 0 Å². The first-order valence-corrected chi connectivity index (χ1v) is 7.28. The van der Waals surface area contributed by atoms with Crippen LogP contribution in [-0.4, -0.2) is 25.8 Å². The zero-order chi connectivity index (χ0) is 12.3. The maximum atomic E-state index is 12.0. The molecule has 0 bridgehead atoms. The molecule has 1 saturated heterocycles. The first-order chi connectivity index (χ1) is 8.08. The van der Waals surface area contributed by atoms with Gasteiger partial charge < -0.3 is 4.42 Å². The minimum atomic E-state index is -3.34. The average molecular weight is 258 g/mol. The molecule has 0 saturated carbocycles. The minimum absolute atomic E-state index is 0.283. The molecule has 6 heteroatoms. The second-order valence-corrected chi connectivity index (χ2v) is 6.29. The van der Waals surface area contributed by atoms with Crippen LogP contribution in [0.3, 0.4) is 0 Å². The molecular formula is C11H18N2O3S. The Hall–Kier alpha value is -0.850. The predicted molar refractivity (Wildman–Crippen MR) is 64.4 cm³/mol. The van der Waals surface area contributed by atoms with E-state index in [0.29, 0.717) is 19.0 Å². The second kappa shape index (κ2) is 5.20. The van der Waals surface area contributed by atoms with Gasteiger partial charge in [-0.15, -0.1) is 0 Å². The van der Waals surface area contributed by atoms with E-state index in [1.165, 1.54) is 10.6 Å². The van der Waals surface area contributed by atoms with Crippen molar-refractivity contribution in [3.8, 4) is 0 Å². The van der Waals surface area contributed by atoms with E-state index in [2.05, 4.69) is 11.6 Å². The molecule has 0 amide bonds. The van der Waals surface area contributed by atoms with Crippen molar-refractivity contribution in [2.45, 2.75) is 26.3 Å². The van der Waals surface area contributed by atoms with Gasteiger partial charge >= 0.3 is 0 Å². The molecule has 1 N–H and O–H groups in total. The van der Waals surface area contributed by atoms with Crippen molar-refractivity contribution in [2.75, 3.05) is 13.1 Å². The van der Waals surface area contributed by atoms with Gasteiger partial charge in [0.2, 0.25) is 0 Å². The summed E-state index contributed by atoms with van der Waals surface area (Å²) in [7, 11) is -3.34. The Labute approximate surface area is 102 Å². The van der Waals surface area contributed by atoms with Crippen molar-refractivity contribution in [3.05, 3.63) is 24.2 Å². The molecule has 1 fully saturated rings. The largest absolute Gasteiger partial charge is 0.472 e. The molecule has 1 aliphatic heterocycles. The van der Waals surface area contributed by atoms with E-state index >= 15 is 0 Å². The topological polar surface area (TPSA) is 62.6 Å². The van der Waals surface area contributed by atoms with Crippen LogP contribution in [0.15, 0.2) is 23.0 Å². The van der Waals surface area contributed by atoms with E-state index in [-0.39, 0.29) is 6.54 Å². The number of furan rings is 1. The summed E-state index contributed by atoms with van der Waals surface area (Å²) < 4.78 is 32.9. The molecule has 0 aliphatic carbocycles. The summed E-state index contributed by atoms with van der Waals surface area (Å²) in [6, 6.07) is 1.75. The summed E-state index contributed by atoms with van der Waals surface area (Å²) in [5, 5.41) is 0. The molecule has 1 aromatic rings. The molecule has 0 unspecified atom stereocenters. The fraction of sp³-hybridized carbons (Fsp3) is 0.636. The lowest BCUT2D eigenvalue weighted by molar-refractivity contribution is 0.285. The van der Waals surface area contributed by atoms with E-state index in [9.17, 15) is 8.42 Å². The fourth-order valence-electron chi connectivity index (χ4n) is 1.88. The molecule has 1 aliphatic rings. The highest BCUT2D eigenvalue weighted by atomic mass is 32.2. The van der Waals surface area contributed by atoms with Crippen molar-refractivity contribution in [1.82, 2.24) is 9.03 Å². The average Bonchev–Trinajstić information content (AvgIpc) is 2.80. The summed E-state index contributed by atoms with van der Waals surface area (Å²) in [5.74, 6) is 0.621. The monoisotopic (exact) mass is 258 g/mol. The van der Waals surface area contributed by atoms with Crippen molar-refractivity contribution in [2.24, 2.45) is 5.92 Å². The predicted octanol–water partition coefficient (Wildman–Crippen LogP) is 1.35. The number of hydrogen-bond acceptors (Lipinski definition) is 3. The number of nitrogens with one attached hydrogen (secondary N) is 1. The van der Waals surface area contributed by atoms with Crippen LogP contribution in [0.4, 0.5) is 0 Å². The third kappa shape index (κ3) is 3.31. The third-order valence-corrected chi connectivity index (χ3v) is 4.68. The Morgan fingerprint density at radius 1 is 1.47 bits per heavy atom. The van der Waals surface area contributed by atoms with E-state index in [1.807, 2.05) is 0 Å². The van der Waals surface area contributed by atoms with Gasteiger partial charge in [-0.05, 0) is 24.8 Å². The lowest BCUT2D eigenvalue weighted by Crippen LogP contribution is -2.44. The van der Waals surface area contributed by atoms with Crippen LogP contribution in [0.2, 0.25) is 0 Å². The molecule has 0 spiro atoms. The van der Waals surface area contributed by atoms with Crippen molar-refractivity contribution in [1.29, 1.82) is 0 Å². The Bertz CT molecular complexity index is 433. The highest BCUT2D eigenvalue weighted by Crippen LogP contribution is 2.18. The summed E-state index contributed by atoms with van der Waals surface area (Å²) >= 11 is 0. The van der Waals surface area contributed by atoms with Gasteiger partial charge in [0.1, 0.15) is 0 Å². The molecule has 2 rings (SSSR count). The van der Waals surface area contributed by atoms with Gasteiger partial charge in [-0.25, -0.2) is 0 Å². The maximum absolute atomic E-state index is 12.0. The molecule has 5 nitrogen and oxygen atoms in total. The van der Waals surface area contributed by atoms with E-state index in [0.717, 1.165) is 18.4 Å². The molecule has 0 radical (unpaired) electrons. The first kappa shape index (κ1) is 12.6. The molecule has 0 atom stereocenters. The lowest BCUT2D eigenvalue weighted by atomic mass is 10.0. The molecule has 17 heavy (non-hydrogen) atoms. The highest BCUT2D eigenvalue weighted by Gasteiger charge is 2.25. The van der Waals surface area contributed by atoms with Gasteiger partial charge in [-0.3, -0.25) is 0 Å². The lowest BCUT2D eigenvalue weighted by Gasteiger charge is -2.29. The van der Waals surface area contributed by atoms with E-state index < -0.39 is 10.2 Å². The highest BCUT2D eigenvalue weighted by molar-refractivity contribution is 7.87. The van der Waals surface area contributed by atoms with E-state index in [4.69, 9.17) is 4.42 Å².